The molecule has 0 spiro atoms. The second kappa shape index (κ2) is 8.08. The lowest BCUT2D eigenvalue weighted by Gasteiger charge is -2.26. The Kier molecular flexibility index (Phi) is 6.75. The third-order valence-electron chi connectivity index (χ3n) is 2.96. The molecule has 1 N–H and O–H groups in total. The Labute approximate surface area is 127 Å². The van der Waals surface area contributed by atoms with Crippen LogP contribution in [-0.4, -0.2) is 36.2 Å². The molecule has 1 heterocycles. The van der Waals surface area contributed by atoms with Gasteiger partial charge in [0.05, 0.1) is 6.54 Å². The van der Waals surface area contributed by atoms with Crippen LogP contribution in [0.3, 0.4) is 0 Å². The van der Waals surface area contributed by atoms with Gasteiger partial charge in [-0.1, -0.05) is 6.92 Å². The van der Waals surface area contributed by atoms with Gasteiger partial charge in [-0.3, -0.25) is 0 Å². The fourth-order valence-electron chi connectivity index (χ4n) is 1.84. The highest BCUT2D eigenvalue weighted by atomic mass is 16.6. The van der Waals surface area contributed by atoms with Crippen LogP contribution in [0.25, 0.3) is 0 Å². The number of ether oxygens (including phenoxy) is 1. The van der Waals surface area contributed by atoms with Crippen molar-refractivity contribution in [2.24, 2.45) is 0 Å². The summed E-state index contributed by atoms with van der Waals surface area (Å²) in [5.41, 5.74) is -0.456. The van der Waals surface area contributed by atoms with Crippen LogP contribution < -0.4 is 5.32 Å². The number of furan rings is 1. The first kappa shape index (κ1) is 17.6. The molecule has 5 heteroatoms. The molecular weight excluding hydrogens is 268 g/mol. The van der Waals surface area contributed by atoms with E-state index < -0.39 is 5.60 Å². The average molecular weight is 296 g/mol. The number of carbonyl (C=O) groups is 1. The van der Waals surface area contributed by atoms with E-state index in [2.05, 4.69) is 12.2 Å². The van der Waals surface area contributed by atoms with E-state index in [4.69, 9.17) is 9.15 Å². The number of hydrogen-bond acceptors (Lipinski definition) is 4. The number of aryl methyl sites for hydroxylation is 1. The van der Waals surface area contributed by atoms with Crippen molar-refractivity contribution in [3.63, 3.8) is 0 Å². The van der Waals surface area contributed by atoms with Gasteiger partial charge in [-0.05, 0) is 39.8 Å². The third-order valence-corrected chi connectivity index (χ3v) is 2.96. The van der Waals surface area contributed by atoms with Gasteiger partial charge in [0.2, 0.25) is 0 Å². The van der Waals surface area contributed by atoms with Crippen LogP contribution >= 0.6 is 0 Å². The van der Waals surface area contributed by atoms with Gasteiger partial charge in [-0.25, -0.2) is 4.79 Å². The van der Waals surface area contributed by atoms with Crippen LogP contribution in [0.4, 0.5) is 4.79 Å². The summed E-state index contributed by atoms with van der Waals surface area (Å²) < 4.78 is 11.0. The smallest absolute Gasteiger partial charge is 0.410 e. The number of amides is 1. The molecule has 0 saturated heterocycles. The van der Waals surface area contributed by atoms with Gasteiger partial charge in [-0.15, -0.1) is 0 Å². The Morgan fingerprint density at radius 2 is 1.95 bits per heavy atom. The highest BCUT2D eigenvalue weighted by Crippen LogP contribution is 2.10. The second-order valence-corrected chi connectivity index (χ2v) is 5.96. The zero-order chi connectivity index (χ0) is 15.9. The average Bonchev–Trinajstić information content (AvgIpc) is 2.84. The standard InChI is InChI=1S/C16H28N2O3/c1-6-13-8-9-14(20-13)12-17-10-11-18(7-2)15(19)21-16(3,4)5/h8-9,17H,6-7,10-12H2,1-5H3. The maximum Gasteiger partial charge on any atom is 0.410 e. The lowest BCUT2D eigenvalue weighted by atomic mass is 10.2. The van der Waals surface area contributed by atoms with Crippen molar-refractivity contribution in [2.45, 2.75) is 53.2 Å². The van der Waals surface area contributed by atoms with Crippen molar-refractivity contribution < 1.29 is 13.9 Å². The molecular formula is C16H28N2O3. The highest BCUT2D eigenvalue weighted by Gasteiger charge is 2.20. The quantitative estimate of drug-likeness (QED) is 0.785. The van der Waals surface area contributed by atoms with Gasteiger partial charge >= 0.3 is 6.09 Å². The molecule has 0 radical (unpaired) electrons. The predicted molar refractivity (Wildman–Crippen MR) is 83.3 cm³/mol. The number of likely N-dealkylation sites (N-methyl/N-ethyl adjacent to an activating group) is 1. The monoisotopic (exact) mass is 296 g/mol. The van der Waals surface area contributed by atoms with Crippen molar-refractivity contribution in [2.75, 3.05) is 19.6 Å². The van der Waals surface area contributed by atoms with E-state index in [0.29, 0.717) is 26.2 Å². The van der Waals surface area contributed by atoms with Gasteiger partial charge < -0.3 is 19.4 Å². The maximum absolute atomic E-state index is 12.0. The Bertz CT molecular complexity index is 435. The van der Waals surface area contributed by atoms with E-state index in [9.17, 15) is 4.79 Å². The fraction of sp³-hybridized carbons (Fsp3) is 0.688. The first-order valence-corrected chi connectivity index (χ1v) is 7.62. The number of carbonyl (C=O) groups excluding carboxylic acids is 1. The van der Waals surface area contributed by atoms with Crippen molar-refractivity contribution in [3.05, 3.63) is 23.7 Å². The number of hydrogen-bond donors (Lipinski definition) is 1. The molecule has 0 fully saturated rings. The fourth-order valence-corrected chi connectivity index (χ4v) is 1.84. The van der Waals surface area contributed by atoms with Crippen molar-refractivity contribution in [3.8, 4) is 0 Å². The summed E-state index contributed by atoms with van der Waals surface area (Å²) in [4.78, 5) is 13.6. The van der Waals surface area contributed by atoms with E-state index in [-0.39, 0.29) is 6.09 Å². The molecule has 0 saturated carbocycles. The molecule has 21 heavy (non-hydrogen) atoms. The summed E-state index contributed by atoms with van der Waals surface area (Å²) in [5.74, 6) is 1.92. The van der Waals surface area contributed by atoms with Crippen LogP contribution in [0, 0.1) is 0 Å². The molecule has 0 unspecified atom stereocenters. The Morgan fingerprint density at radius 3 is 2.48 bits per heavy atom. The predicted octanol–water partition coefficient (Wildman–Crippen LogP) is 3.19. The maximum atomic E-state index is 12.0. The SMILES string of the molecule is CCc1ccc(CNCCN(CC)C(=O)OC(C)(C)C)o1. The lowest BCUT2D eigenvalue weighted by Crippen LogP contribution is -2.40. The topological polar surface area (TPSA) is 54.7 Å². The minimum absolute atomic E-state index is 0.266. The first-order chi connectivity index (χ1) is 9.85. The number of nitrogens with one attached hydrogen (secondary N) is 1. The zero-order valence-electron chi connectivity index (χ0n) is 13.9. The number of nitrogens with zero attached hydrogens (tertiary/aromatic N) is 1. The van der Waals surface area contributed by atoms with Crippen LogP contribution in [0.15, 0.2) is 16.5 Å². The number of rotatable bonds is 7. The second-order valence-electron chi connectivity index (χ2n) is 5.96. The van der Waals surface area contributed by atoms with Crippen LogP contribution in [0.1, 0.15) is 46.1 Å². The summed E-state index contributed by atoms with van der Waals surface area (Å²) in [6, 6.07) is 3.98. The van der Waals surface area contributed by atoms with E-state index in [1.165, 1.54) is 0 Å². The normalized spacial score (nSPS) is 11.5. The van der Waals surface area contributed by atoms with Gasteiger partial charge in [0.1, 0.15) is 17.1 Å². The molecule has 5 nitrogen and oxygen atoms in total. The minimum Gasteiger partial charge on any atom is -0.465 e. The Morgan fingerprint density at radius 1 is 1.29 bits per heavy atom. The summed E-state index contributed by atoms with van der Waals surface area (Å²) in [6.07, 6.45) is 0.639. The van der Waals surface area contributed by atoms with E-state index in [1.807, 2.05) is 39.8 Å². The molecule has 0 aliphatic rings. The molecule has 0 aliphatic heterocycles. The van der Waals surface area contributed by atoms with E-state index in [1.54, 1.807) is 4.90 Å². The molecule has 1 rings (SSSR count). The van der Waals surface area contributed by atoms with Gasteiger partial charge in [0.15, 0.2) is 0 Å². The first-order valence-electron chi connectivity index (χ1n) is 7.62. The summed E-state index contributed by atoms with van der Waals surface area (Å²) in [6.45, 7) is 12.3. The molecule has 0 atom stereocenters. The molecule has 0 aromatic carbocycles. The Hall–Kier alpha value is -1.49. The van der Waals surface area contributed by atoms with Crippen molar-refractivity contribution >= 4 is 6.09 Å². The molecule has 1 amide bonds. The lowest BCUT2D eigenvalue weighted by molar-refractivity contribution is 0.0262. The molecule has 0 bridgehead atoms. The summed E-state index contributed by atoms with van der Waals surface area (Å²) >= 11 is 0. The zero-order valence-corrected chi connectivity index (χ0v) is 13.9. The molecule has 0 aliphatic carbocycles. The third kappa shape index (κ3) is 6.67. The molecule has 1 aromatic rings. The molecule has 120 valence electrons. The van der Waals surface area contributed by atoms with E-state index in [0.717, 1.165) is 17.9 Å². The van der Waals surface area contributed by atoms with E-state index >= 15 is 0 Å². The van der Waals surface area contributed by atoms with Crippen LogP contribution in [0.5, 0.6) is 0 Å². The highest BCUT2D eigenvalue weighted by molar-refractivity contribution is 5.68. The largest absolute Gasteiger partial charge is 0.465 e. The Balaban J connectivity index is 2.30. The van der Waals surface area contributed by atoms with Gasteiger partial charge in [-0.2, -0.15) is 0 Å². The molecule has 1 aromatic heterocycles. The van der Waals surface area contributed by atoms with Crippen LogP contribution in [0.2, 0.25) is 0 Å². The van der Waals surface area contributed by atoms with Crippen molar-refractivity contribution in [1.82, 2.24) is 10.2 Å². The van der Waals surface area contributed by atoms with Crippen molar-refractivity contribution in [1.29, 1.82) is 0 Å². The van der Waals surface area contributed by atoms with Gasteiger partial charge in [0, 0.05) is 26.1 Å². The summed E-state index contributed by atoms with van der Waals surface area (Å²) in [5, 5.41) is 3.28. The van der Waals surface area contributed by atoms with Gasteiger partial charge in [0.25, 0.3) is 0 Å². The van der Waals surface area contributed by atoms with Crippen LogP contribution in [-0.2, 0) is 17.7 Å². The summed E-state index contributed by atoms with van der Waals surface area (Å²) in [7, 11) is 0. The minimum atomic E-state index is -0.456.